The van der Waals surface area contributed by atoms with E-state index in [2.05, 4.69) is 25.1 Å². The van der Waals surface area contributed by atoms with Crippen molar-refractivity contribution in [1.82, 2.24) is 25.1 Å². The van der Waals surface area contributed by atoms with Gasteiger partial charge in [-0.1, -0.05) is 0 Å². The number of hydrogen-bond acceptors (Lipinski definition) is 5. The minimum absolute atomic E-state index is 0.0576. The monoisotopic (exact) mass is 192 g/mol. The van der Waals surface area contributed by atoms with Crippen LogP contribution in [-0.4, -0.2) is 25.1 Å². The van der Waals surface area contributed by atoms with E-state index in [0.717, 1.165) is 5.56 Å². The lowest BCUT2D eigenvalue weighted by Gasteiger charge is -1.98. The maximum absolute atomic E-state index is 11.0. The number of aromatic amines is 2. The van der Waals surface area contributed by atoms with Gasteiger partial charge in [0.2, 0.25) is 5.95 Å². The van der Waals surface area contributed by atoms with Crippen LogP contribution in [0.1, 0.15) is 5.56 Å². The molecule has 0 aliphatic heterocycles. The lowest BCUT2D eigenvalue weighted by molar-refractivity contribution is 0.987. The highest BCUT2D eigenvalue weighted by atomic mass is 16.1. The smallest absolute Gasteiger partial charge is 0.349 e. The highest BCUT2D eigenvalue weighted by Gasteiger charge is 2.07. The Balaban J connectivity index is 2.63. The third kappa shape index (κ3) is 1.35. The maximum Gasteiger partial charge on any atom is 0.349 e. The fraction of sp³-hybridized carbons (Fsp3) is 0.143. The van der Waals surface area contributed by atoms with E-state index < -0.39 is 5.69 Å². The fourth-order valence-electron chi connectivity index (χ4n) is 1.11. The second kappa shape index (κ2) is 2.95. The molecule has 0 atom stereocenters. The number of aromatic nitrogens is 5. The quantitative estimate of drug-likeness (QED) is 0.560. The maximum atomic E-state index is 11.0. The molecular weight excluding hydrogens is 184 g/mol. The summed E-state index contributed by atoms with van der Waals surface area (Å²) in [6, 6.07) is 0. The number of nitrogens with two attached hydrogens (primary N) is 1. The number of anilines is 1. The average molecular weight is 192 g/mol. The summed E-state index contributed by atoms with van der Waals surface area (Å²) < 4.78 is 0. The lowest BCUT2D eigenvalue weighted by atomic mass is 10.3. The van der Waals surface area contributed by atoms with E-state index in [1.807, 2.05) is 6.92 Å². The number of aryl methyl sites for hydroxylation is 1. The minimum atomic E-state index is -0.526. The molecule has 0 bridgehead atoms. The zero-order chi connectivity index (χ0) is 10.1. The Morgan fingerprint density at radius 3 is 2.79 bits per heavy atom. The number of nitrogen functional groups attached to an aromatic ring is 1. The van der Waals surface area contributed by atoms with Crippen LogP contribution < -0.4 is 11.4 Å². The molecule has 0 unspecified atom stereocenters. The molecule has 0 saturated heterocycles. The van der Waals surface area contributed by atoms with E-state index in [4.69, 9.17) is 5.73 Å². The van der Waals surface area contributed by atoms with Gasteiger partial charge in [-0.15, -0.1) is 0 Å². The predicted molar refractivity (Wildman–Crippen MR) is 49.4 cm³/mol. The van der Waals surface area contributed by atoms with Crippen LogP contribution in [0.15, 0.2) is 11.0 Å². The minimum Gasteiger partial charge on any atom is -0.368 e. The molecule has 14 heavy (non-hydrogen) atoms. The summed E-state index contributed by atoms with van der Waals surface area (Å²) in [6.07, 6.45) is 1.63. The first-order valence-corrected chi connectivity index (χ1v) is 3.91. The zero-order valence-corrected chi connectivity index (χ0v) is 7.40. The first-order chi connectivity index (χ1) is 6.66. The van der Waals surface area contributed by atoms with Crippen molar-refractivity contribution < 1.29 is 0 Å². The Kier molecular flexibility index (Phi) is 1.77. The van der Waals surface area contributed by atoms with E-state index in [1.54, 1.807) is 6.20 Å². The van der Waals surface area contributed by atoms with E-state index in [9.17, 15) is 4.79 Å². The number of hydrogen-bond donors (Lipinski definition) is 3. The molecule has 72 valence electrons. The highest BCUT2D eigenvalue weighted by molar-refractivity contribution is 5.53. The van der Waals surface area contributed by atoms with Gasteiger partial charge in [-0.3, -0.25) is 10.1 Å². The van der Waals surface area contributed by atoms with Gasteiger partial charge >= 0.3 is 5.69 Å². The van der Waals surface area contributed by atoms with Gasteiger partial charge in [0.05, 0.1) is 6.20 Å². The van der Waals surface area contributed by atoms with Crippen molar-refractivity contribution in [1.29, 1.82) is 0 Å². The van der Waals surface area contributed by atoms with Crippen LogP contribution in [0.25, 0.3) is 11.5 Å². The predicted octanol–water partition coefficient (Wildman–Crippen LogP) is -0.554. The largest absolute Gasteiger partial charge is 0.368 e. The number of nitrogens with one attached hydrogen (secondary N) is 2. The molecule has 7 nitrogen and oxygen atoms in total. The van der Waals surface area contributed by atoms with Crippen molar-refractivity contribution in [3.63, 3.8) is 0 Å². The van der Waals surface area contributed by atoms with Crippen molar-refractivity contribution in [2.45, 2.75) is 6.92 Å². The van der Waals surface area contributed by atoms with E-state index in [-0.39, 0.29) is 5.95 Å². The summed E-state index contributed by atoms with van der Waals surface area (Å²) in [6.45, 7) is 1.84. The fourth-order valence-corrected chi connectivity index (χ4v) is 1.11. The van der Waals surface area contributed by atoms with Crippen molar-refractivity contribution >= 4 is 5.95 Å². The normalized spacial score (nSPS) is 10.4. The van der Waals surface area contributed by atoms with Gasteiger partial charge in [0, 0.05) is 0 Å². The van der Waals surface area contributed by atoms with Crippen molar-refractivity contribution in [2.24, 2.45) is 0 Å². The van der Waals surface area contributed by atoms with Gasteiger partial charge in [-0.05, 0) is 12.5 Å². The van der Waals surface area contributed by atoms with Crippen molar-refractivity contribution in [3.05, 3.63) is 22.2 Å². The van der Waals surface area contributed by atoms with Crippen molar-refractivity contribution in [3.8, 4) is 11.5 Å². The Morgan fingerprint density at radius 1 is 1.43 bits per heavy atom. The Labute approximate surface area is 78.4 Å². The second-order valence-electron chi connectivity index (χ2n) is 2.79. The molecule has 2 heterocycles. The van der Waals surface area contributed by atoms with E-state index in [0.29, 0.717) is 11.5 Å². The first-order valence-electron chi connectivity index (χ1n) is 3.91. The van der Waals surface area contributed by atoms with E-state index >= 15 is 0 Å². The standard InChI is InChI=1S/C7H8N6O/c1-3-2-9-13-4(3)5-10-6(8)12-7(14)11-5/h2H,1H3,(H,9,13)(H3,8,10,11,12,14). The van der Waals surface area contributed by atoms with Crippen LogP contribution in [-0.2, 0) is 0 Å². The Morgan fingerprint density at radius 2 is 2.21 bits per heavy atom. The summed E-state index contributed by atoms with van der Waals surface area (Å²) >= 11 is 0. The summed E-state index contributed by atoms with van der Waals surface area (Å²) in [5.41, 5.74) is 6.32. The SMILES string of the molecule is Cc1cn[nH]c1-c1nc(N)nc(=O)[nH]1. The Bertz CT molecular complexity index is 513. The Hall–Kier alpha value is -2.18. The molecule has 0 aliphatic carbocycles. The summed E-state index contributed by atoms with van der Waals surface area (Å²) in [5, 5.41) is 6.52. The molecule has 2 rings (SSSR count). The molecule has 0 spiro atoms. The van der Waals surface area contributed by atoms with Crippen LogP contribution in [0, 0.1) is 6.92 Å². The molecule has 0 aliphatic rings. The van der Waals surface area contributed by atoms with Crippen LogP contribution >= 0.6 is 0 Å². The number of rotatable bonds is 1. The molecular formula is C7H8N6O. The molecule has 4 N–H and O–H groups in total. The first kappa shape index (κ1) is 8.42. The number of H-pyrrole nitrogens is 2. The van der Waals surface area contributed by atoms with Crippen molar-refractivity contribution in [2.75, 3.05) is 5.73 Å². The third-order valence-electron chi connectivity index (χ3n) is 1.73. The number of nitrogens with zero attached hydrogens (tertiary/aromatic N) is 3. The van der Waals surface area contributed by atoms with Crippen LogP contribution in [0.2, 0.25) is 0 Å². The molecule has 0 fully saturated rings. The van der Waals surface area contributed by atoms with Crippen LogP contribution in [0.4, 0.5) is 5.95 Å². The van der Waals surface area contributed by atoms with E-state index in [1.165, 1.54) is 0 Å². The molecule has 2 aromatic rings. The zero-order valence-electron chi connectivity index (χ0n) is 7.40. The lowest BCUT2D eigenvalue weighted by Crippen LogP contribution is -2.15. The van der Waals surface area contributed by atoms with Gasteiger partial charge in [0.15, 0.2) is 5.82 Å². The summed E-state index contributed by atoms with van der Waals surface area (Å²) in [5.74, 6) is 0.287. The van der Waals surface area contributed by atoms with Crippen LogP contribution in [0.3, 0.4) is 0 Å². The molecule has 0 saturated carbocycles. The van der Waals surface area contributed by atoms with Gasteiger partial charge in [0.1, 0.15) is 5.69 Å². The average Bonchev–Trinajstić information content (AvgIpc) is 2.49. The van der Waals surface area contributed by atoms with Crippen LogP contribution in [0.5, 0.6) is 0 Å². The topological polar surface area (TPSA) is 113 Å². The van der Waals surface area contributed by atoms with Gasteiger partial charge in [0.25, 0.3) is 0 Å². The third-order valence-corrected chi connectivity index (χ3v) is 1.73. The summed E-state index contributed by atoms with van der Waals surface area (Å²) in [4.78, 5) is 20.7. The second-order valence-corrected chi connectivity index (χ2v) is 2.79. The molecule has 0 aromatic carbocycles. The van der Waals surface area contributed by atoms with Gasteiger partial charge in [-0.2, -0.15) is 15.1 Å². The highest BCUT2D eigenvalue weighted by Crippen LogP contribution is 2.13. The summed E-state index contributed by atoms with van der Waals surface area (Å²) in [7, 11) is 0. The molecule has 2 aromatic heterocycles. The molecule has 0 amide bonds. The molecule has 7 heteroatoms. The molecule has 0 radical (unpaired) electrons. The van der Waals surface area contributed by atoms with Gasteiger partial charge in [-0.25, -0.2) is 4.79 Å². The van der Waals surface area contributed by atoms with Gasteiger partial charge < -0.3 is 5.73 Å².